The van der Waals surface area contributed by atoms with Crippen molar-refractivity contribution >= 4 is 11.6 Å². The van der Waals surface area contributed by atoms with Crippen LogP contribution in [0.2, 0.25) is 0 Å². The molecule has 3 nitrogen and oxygen atoms in total. The van der Waals surface area contributed by atoms with Crippen molar-refractivity contribution in [2.75, 3.05) is 5.32 Å². The molecular weight excluding hydrogens is 269 g/mol. The molecule has 0 saturated heterocycles. The minimum Gasteiger partial charge on any atom is -0.325 e. The van der Waals surface area contributed by atoms with Crippen LogP contribution in [0, 0.1) is 5.92 Å². The number of amides is 1. The second-order valence-electron chi connectivity index (χ2n) is 5.22. The Kier molecular flexibility index (Phi) is 5.56. The first-order valence-electron chi connectivity index (χ1n) is 6.39. The number of hydrogen-bond donors (Lipinski definition) is 2. The molecule has 0 aliphatic rings. The maximum atomic E-state index is 12.3. The molecule has 1 aromatic carbocycles. The zero-order valence-electron chi connectivity index (χ0n) is 11.5. The van der Waals surface area contributed by atoms with Crippen molar-refractivity contribution in [1.82, 2.24) is 0 Å². The van der Waals surface area contributed by atoms with E-state index in [1.54, 1.807) is 6.07 Å². The third kappa shape index (κ3) is 6.06. The van der Waals surface area contributed by atoms with Crippen molar-refractivity contribution in [1.29, 1.82) is 0 Å². The van der Waals surface area contributed by atoms with Crippen molar-refractivity contribution in [3.8, 4) is 0 Å². The summed E-state index contributed by atoms with van der Waals surface area (Å²) >= 11 is 0. The van der Waals surface area contributed by atoms with Gasteiger partial charge in [0.05, 0.1) is 12.5 Å². The summed E-state index contributed by atoms with van der Waals surface area (Å²) in [6.07, 6.45) is -4.76. The Morgan fingerprint density at radius 3 is 2.55 bits per heavy atom. The zero-order valence-corrected chi connectivity index (χ0v) is 11.5. The lowest BCUT2D eigenvalue weighted by Crippen LogP contribution is -2.36. The second kappa shape index (κ2) is 6.74. The van der Waals surface area contributed by atoms with Gasteiger partial charge in [-0.1, -0.05) is 26.0 Å². The molecule has 6 heteroatoms. The lowest BCUT2D eigenvalue weighted by Gasteiger charge is -2.15. The van der Waals surface area contributed by atoms with Gasteiger partial charge in [0.25, 0.3) is 0 Å². The number of carbonyl (C=O) groups is 1. The second-order valence-corrected chi connectivity index (χ2v) is 5.22. The third-order valence-electron chi connectivity index (χ3n) is 2.66. The third-order valence-corrected chi connectivity index (χ3v) is 2.66. The molecule has 0 spiro atoms. The van der Waals surface area contributed by atoms with Gasteiger partial charge in [-0.05, 0) is 30.0 Å². The van der Waals surface area contributed by atoms with Crippen LogP contribution in [0.4, 0.5) is 18.9 Å². The maximum absolute atomic E-state index is 12.3. The number of hydrogen-bond acceptors (Lipinski definition) is 2. The number of benzene rings is 1. The number of nitrogens with two attached hydrogens (primary N) is 1. The number of carbonyl (C=O) groups excluding carboxylic acids is 1. The number of anilines is 1. The Labute approximate surface area is 116 Å². The van der Waals surface area contributed by atoms with E-state index in [-0.39, 0.29) is 17.4 Å². The largest absolute Gasteiger partial charge is 0.393 e. The molecule has 1 amide bonds. The van der Waals surface area contributed by atoms with Crippen LogP contribution < -0.4 is 11.1 Å². The number of nitrogens with one attached hydrogen (secondary N) is 1. The molecule has 0 radical (unpaired) electrons. The van der Waals surface area contributed by atoms with E-state index in [1.165, 1.54) is 18.2 Å². The summed E-state index contributed by atoms with van der Waals surface area (Å²) < 4.78 is 36.9. The highest BCUT2D eigenvalue weighted by molar-refractivity contribution is 5.94. The highest BCUT2D eigenvalue weighted by Crippen LogP contribution is 2.23. The maximum Gasteiger partial charge on any atom is 0.393 e. The minimum atomic E-state index is -4.27. The molecule has 0 saturated carbocycles. The summed E-state index contributed by atoms with van der Waals surface area (Å²) in [5.74, 6) is -0.116. The van der Waals surface area contributed by atoms with Crippen LogP contribution >= 0.6 is 0 Å². The van der Waals surface area contributed by atoms with Crippen LogP contribution in [-0.2, 0) is 11.2 Å². The Balaban J connectivity index is 2.68. The van der Waals surface area contributed by atoms with E-state index in [4.69, 9.17) is 5.73 Å². The summed E-state index contributed by atoms with van der Waals surface area (Å²) in [5, 5.41) is 2.54. The number of halogens is 3. The molecule has 0 aliphatic carbocycles. The summed E-state index contributed by atoms with van der Waals surface area (Å²) in [7, 11) is 0. The van der Waals surface area contributed by atoms with Gasteiger partial charge in [0.15, 0.2) is 0 Å². The number of alkyl halides is 3. The van der Waals surface area contributed by atoms with Gasteiger partial charge in [-0.3, -0.25) is 4.79 Å². The van der Waals surface area contributed by atoms with E-state index in [0.717, 1.165) is 0 Å². The summed E-state index contributed by atoms with van der Waals surface area (Å²) in [6.45, 7) is 3.88. The first-order valence-corrected chi connectivity index (χ1v) is 6.39. The molecular formula is C14H19F3N2O. The lowest BCUT2D eigenvalue weighted by atomic mass is 10.0. The highest BCUT2D eigenvalue weighted by Gasteiger charge is 2.27. The van der Waals surface area contributed by atoms with Crippen molar-refractivity contribution in [3.05, 3.63) is 29.8 Å². The quantitative estimate of drug-likeness (QED) is 0.874. The molecule has 0 aromatic heterocycles. The molecule has 3 N–H and O–H groups in total. The lowest BCUT2D eigenvalue weighted by molar-refractivity contribution is -0.127. The summed E-state index contributed by atoms with van der Waals surface area (Å²) in [4.78, 5) is 11.8. The van der Waals surface area contributed by atoms with E-state index in [0.29, 0.717) is 12.1 Å². The van der Waals surface area contributed by atoms with Crippen LogP contribution in [0.5, 0.6) is 0 Å². The molecule has 0 unspecified atom stereocenters. The molecule has 1 atom stereocenters. The minimum absolute atomic E-state index is 0.104. The first-order chi connectivity index (χ1) is 9.17. The Bertz CT molecular complexity index is 458. The van der Waals surface area contributed by atoms with Crippen molar-refractivity contribution in [2.24, 2.45) is 11.7 Å². The van der Waals surface area contributed by atoms with E-state index in [9.17, 15) is 18.0 Å². The molecule has 1 rings (SSSR count). The van der Waals surface area contributed by atoms with Crippen LogP contribution in [0.3, 0.4) is 0 Å². The van der Waals surface area contributed by atoms with Gasteiger partial charge in [0.1, 0.15) is 0 Å². The predicted molar refractivity (Wildman–Crippen MR) is 72.3 cm³/mol. The zero-order chi connectivity index (χ0) is 15.3. The van der Waals surface area contributed by atoms with E-state index < -0.39 is 18.6 Å². The topological polar surface area (TPSA) is 55.1 Å². The Hall–Kier alpha value is -1.56. The van der Waals surface area contributed by atoms with Crippen molar-refractivity contribution < 1.29 is 18.0 Å². The molecule has 1 aromatic rings. The van der Waals surface area contributed by atoms with E-state index in [2.05, 4.69) is 5.32 Å². The SMILES string of the molecule is CC(C)C[C@H](N)C(=O)Nc1cccc(CC(F)(F)F)c1. The molecule has 20 heavy (non-hydrogen) atoms. The standard InChI is InChI=1S/C14H19F3N2O/c1-9(2)6-12(18)13(20)19-11-5-3-4-10(7-11)8-14(15,16)17/h3-5,7,9,12H,6,8,18H2,1-2H3,(H,19,20)/t12-/m0/s1. The van der Waals surface area contributed by atoms with Gasteiger partial charge in [0.2, 0.25) is 5.91 Å². The van der Waals surface area contributed by atoms with E-state index in [1.807, 2.05) is 13.8 Å². The van der Waals surface area contributed by atoms with Gasteiger partial charge in [-0.25, -0.2) is 0 Å². The fraction of sp³-hybridized carbons (Fsp3) is 0.500. The van der Waals surface area contributed by atoms with Gasteiger partial charge < -0.3 is 11.1 Å². The van der Waals surface area contributed by atoms with Crippen LogP contribution in [0.1, 0.15) is 25.8 Å². The predicted octanol–water partition coefficient (Wildman–Crippen LogP) is 3.10. The normalized spacial score (nSPS) is 13.3. The molecule has 0 bridgehead atoms. The van der Waals surface area contributed by atoms with Crippen molar-refractivity contribution in [2.45, 2.75) is 38.9 Å². The van der Waals surface area contributed by atoms with Gasteiger partial charge in [0, 0.05) is 5.69 Å². The monoisotopic (exact) mass is 288 g/mol. The average molecular weight is 288 g/mol. The number of rotatable bonds is 5. The molecule has 0 fully saturated rings. The fourth-order valence-corrected chi connectivity index (χ4v) is 1.84. The smallest absolute Gasteiger partial charge is 0.325 e. The summed E-state index contributed by atoms with van der Waals surface area (Å²) in [5.41, 5.74) is 6.15. The average Bonchev–Trinajstić information content (AvgIpc) is 2.25. The summed E-state index contributed by atoms with van der Waals surface area (Å²) in [6, 6.07) is 5.04. The van der Waals surface area contributed by atoms with Gasteiger partial charge in [-0.15, -0.1) is 0 Å². The molecule has 0 aliphatic heterocycles. The van der Waals surface area contributed by atoms with Crippen LogP contribution in [-0.4, -0.2) is 18.1 Å². The van der Waals surface area contributed by atoms with Crippen LogP contribution in [0.15, 0.2) is 24.3 Å². The van der Waals surface area contributed by atoms with E-state index >= 15 is 0 Å². The molecule has 112 valence electrons. The van der Waals surface area contributed by atoms with Crippen LogP contribution in [0.25, 0.3) is 0 Å². The first kappa shape index (κ1) is 16.5. The molecule has 0 heterocycles. The Morgan fingerprint density at radius 1 is 1.35 bits per heavy atom. The highest BCUT2D eigenvalue weighted by atomic mass is 19.4. The van der Waals surface area contributed by atoms with Gasteiger partial charge in [-0.2, -0.15) is 13.2 Å². The fourth-order valence-electron chi connectivity index (χ4n) is 1.84. The van der Waals surface area contributed by atoms with Gasteiger partial charge >= 0.3 is 6.18 Å². The Morgan fingerprint density at radius 2 is 2.00 bits per heavy atom. The van der Waals surface area contributed by atoms with Crippen molar-refractivity contribution in [3.63, 3.8) is 0 Å².